The van der Waals surface area contributed by atoms with Gasteiger partial charge in [0.15, 0.2) is 0 Å². The van der Waals surface area contributed by atoms with Gasteiger partial charge in [-0.25, -0.2) is 0 Å². The van der Waals surface area contributed by atoms with E-state index in [1.54, 1.807) is 0 Å². The van der Waals surface area contributed by atoms with Gasteiger partial charge in [0.05, 0.1) is 5.69 Å². The topological polar surface area (TPSA) is 46.9 Å². The molecule has 1 aliphatic rings. The molecule has 1 amide bonds. The van der Waals surface area contributed by atoms with E-state index < -0.39 is 0 Å². The van der Waals surface area contributed by atoms with E-state index >= 15 is 0 Å². The number of hydrogen-bond donors (Lipinski definition) is 1. The Balaban J connectivity index is 2.00. The maximum absolute atomic E-state index is 11.5. The van der Waals surface area contributed by atoms with Crippen LogP contribution in [-0.2, 0) is 18.4 Å². The van der Waals surface area contributed by atoms with Crippen molar-refractivity contribution < 1.29 is 4.79 Å². The van der Waals surface area contributed by atoms with Crippen molar-refractivity contribution in [2.24, 2.45) is 13.0 Å². The first kappa shape index (κ1) is 10.2. The Labute approximate surface area is 89.7 Å². The average Bonchev–Trinajstić information content (AvgIpc) is 2.96. The van der Waals surface area contributed by atoms with Crippen molar-refractivity contribution in [1.29, 1.82) is 0 Å². The van der Waals surface area contributed by atoms with E-state index in [0.717, 1.165) is 29.8 Å². The van der Waals surface area contributed by atoms with Gasteiger partial charge in [0, 0.05) is 30.8 Å². The Morgan fingerprint density at radius 2 is 2.20 bits per heavy atom. The van der Waals surface area contributed by atoms with Gasteiger partial charge >= 0.3 is 0 Å². The van der Waals surface area contributed by atoms with Gasteiger partial charge in [-0.15, -0.1) is 0 Å². The van der Waals surface area contributed by atoms with Gasteiger partial charge in [-0.3, -0.25) is 9.48 Å². The van der Waals surface area contributed by atoms with Crippen molar-refractivity contribution in [3.8, 4) is 0 Å². The van der Waals surface area contributed by atoms with Crippen LogP contribution in [0.3, 0.4) is 0 Å². The second kappa shape index (κ2) is 3.68. The van der Waals surface area contributed by atoms with Crippen molar-refractivity contribution >= 4 is 5.91 Å². The first-order chi connectivity index (χ1) is 7.09. The molecule has 0 atom stereocenters. The van der Waals surface area contributed by atoms with Crippen molar-refractivity contribution in [3.63, 3.8) is 0 Å². The lowest BCUT2D eigenvalue weighted by molar-refractivity contribution is -0.122. The quantitative estimate of drug-likeness (QED) is 0.805. The van der Waals surface area contributed by atoms with Gasteiger partial charge in [0.25, 0.3) is 0 Å². The standard InChI is InChI=1S/C11H17N3O/c1-7-10(8(2)14(3)13-7)6-12-11(15)9-4-5-9/h9H,4-6H2,1-3H3,(H,12,15). The third-order valence-corrected chi connectivity index (χ3v) is 3.05. The van der Waals surface area contributed by atoms with E-state index in [2.05, 4.69) is 10.4 Å². The molecular formula is C11H17N3O. The van der Waals surface area contributed by atoms with Crippen LogP contribution in [0.1, 0.15) is 29.8 Å². The number of carbonyl (C=O) groups is 1. The number of carbonyl (C=O) groups excluding carboxylic acids is 1. The fourth-order valence-electron chi connectivity index (χ4n) is 1.74. The summed E-state index contributed by atoms with van der Waals surface area (Å²) in [4.78, 5) is 11.5. The lowest BCUT2D eigenvalue weighted by atomic mass is 10.2. The van der Waals surface area contributed by atoms with Crippen molar-refractivity contribution in [1.82, 2.24) is 15.1 Å². The van der Waals surface area contributed by atoms with E-state index in [-0.39, 0.29) is 11.8 Å². The summed E-state index contributed by atoms with van der Waals surface area (Å²) in [5, 5.41) is 7.28. The summed E-state index contributed by atoms with van der Waals surface area (Å²) in [5.74, 6) is 0.472. The van der Waals surface area contributed by atoms with Gasteiger partial charge in [-0.05, 0) is 26.7 Å². The molecule has 2 rings (SSSR count). The van der Waals surface area contributed by atoms with E-state index in [0.29, 0.717) is 6.54 Å². The van der Waals surface area contributed by atoms with Gasteiger partial charge < -0.3 is 5.32 Å². The highest BCUT2D eigenvalue weighted by atomic mass is 16.2. The van der Waals surface area contributed by atoms with E-state index in [9.17, 15) is 4.79 Å². The van der Waals surface area contributed by atoms with E-state index in [4.69, 9.17) is 0 Å². The highest BCUT2D eigenvalue weighted by Crippen LogP contribution is 2.28. The van der Waals surface area contributed by atoms with Gasteiger partial charge in [-0.1, -0.05) is 0 Å². The van der Waals surface area contributed by atoms with Gasteiger partial charge in [0.2, 0.25) is 5.91 Å². The molecule has 15 heavy (non-hydrogen) atoms. The van der Waals surface area contributed by atoms with Crippen LogP contribution in [0.2, 0.25) is 0 Å². The number of aromatic nitrogens is 2. The van der Waals surface area contributed by atoms with Crippen LogP contribution in [0.15, 0.2) is 0 Å². The minimum Gasteiger partial charge on any atom is -0.352 e. The van der Waals surface area contributed by atoms with Crippen molar-refractivity contribution in [3.05, 3.63) is 17.0 Å². The highest BCUT2D eigenvalue weighted by Gasteiger charge is 2.29. The van der Waals surface area contributed by atoms with Crippen molar-refractivity contribution in [2.75, 3.05) is 0 Å². The lowest BCUT2D eigenvalue weighted by Crippen LogP contribution is -2.24. The number of aryl methyl sites for hydroxylation is 2. The molecule has 0 bridgehead atoms. The Kier molecular flexibility index (Phi) is 2.50. The van der Waals surface area contributed by atoms with Crippen LogP contribution in [0.4, 0.5) is 0 Å². The normalized spacial score (nSPS) is 15.4. The third-order valence-electron chi connectivity index (χ3n) is 3.05. The minimum absolute atomic E-state index is 0.192. The molecule has 1 N–H and O–H groups in total. The van der Waals surface area contributed by atoms with Crippen LogP contribution in [-0.4, -0.2) is 15.7 Å². The van der Waals surface area contributed by atoms with Crippen LogP contribution in [0.5, 0.6) is 0 Å². The van der Waals surface area contributed by atoms with Crippen LogP contribution >= 0.6 is 0 Å². The third kappa shape index (κ3) is 2.03. The summed E-state index contributed by atoms with van der Waals surface area (Å²) in [5.41, 5.74) is 3.28. The molecule has 1 aliphatic carbocycles. The molecule has 4 heteroatoms. The Bertz CT molecular complexity index is 391. The average molecular weight is 207 g/mol. The fraction of sp³-hybridized carbons (Fsp3) is 0.636. The molecule has 4 nitrogen and oxygen atoms in total. The molecule has 0 unspecified atom stereocenters. The summed E-state index contributed by atoms with van der Waals surface area (Å²) >= 11 is 0. The number of rotatable bonds is 3. The molecule has 0 aliphatic heterocycles. The highest BCUT2D eigenvalue weighted by molar-refractivity contribution is 5.80. The van der Waals surface area contributed by atoms with Crippen LogP contribution < -0.4 is 5.32 Å². The van der Waals surface area contributed by atoms with Gasteiger partial charge in [0.1, 0.15) is 0 Å². The largest absolute Gasteiger partial charge is 0.352 e. The first-order valence-corrected chi connectivity index (χ1v) is 5.36. The predicted molar refractivity (Wildman–Crippen MR) is 57.3 cm³/mol. The first-order valence-electron chi connectivity index (χ1n) is 5.36. The smallest absolute Gasteiger partial charge is 0.223 e. The Hall–Kier alpha value is -1.32. The number of hydrogen-bond acceptors (Lipinski definition) is 2. The van der Waals surface area contributed by atoms with Crippen LogP contribution in [0.25, 0.3) is 0 Å². The molecule has 1 fully saturated rings. The molecule has 1 saturated carbocycles. The molecule has 0 aromatic carbocycles. The zero-order valence-electron chi connectivity index (χ0n) is 9.50. The summed E-state index contributed by atoms with van der Waals surface area (Å²) in [7, 11) is 1.93. The number of nitrogens with zero attached hydrogens (tertiary/aromatic N) is 2. The van der Waals surface area contributed by atoms with Gasteiger partial charge in [-0.2, -0.15) is 5.10 Å². The SMILES string of the molecule is Cc1nn(C)c(C)c1CNC(=O)C1CC1. The maximum atomic E-state index is 11.5. The summed E-state index contributed by atoms with van der Waals surface area (Å²) in [6.07, 6.45) is 2.10. The van der Waals surface area contributed by atoms with Crippen LogP contribution in [0, 0.1) is 19.8 Å². The maximum Gasteiger partial charge on any atom is 0.223 e. The molecular weight excluding hydrogens is 190 g/mol. The molecule has 1 heterocycles. The number of nitrogens with one attached hydrogen (secondary N) is 1. The molecule has 0 spiro atoms. The molecule has 0 radical (unpaired) electrons. The second-order valence-corrected chi connectivity index (χ2v) is 4.27. The summed E-state index contributed by atoms with van der Waals surface area (Å²) < 4.78 is 1.86. The fourth-order valence-corrected chi connectivity index (χ4v) is 1.74. The minimum atomic E-state index is 0.192. The molecule has 0 saturated heterocycles. The zero-order chi connectivity index (χ0) is 11.0. The zero-order valence-corrected chi connectivity index (χ0v) is 9.50. The molecule has 82 valence electrons. The summed E-state index contributed by atoms with van der Waals surface area (Å²) in [6, 6.07) is 0. The molecule has 1 aromatic rings. The summed E-state index contributed by atoms with van der Waals surface area (Å²) in [6.45, 7) is 4.62. The molecule has 1 aromatic heterocycles. The van der Waals surface area contributed by atoms with E-state index in [1.165, 1.54) is 0 Å². The lowest BCUT2D eigenvalue weighted by Gasteiger charge is -2.04. The Morgan fingerprint density at radius 3 is 2.67 bits per heavy atom. The monoisotopic (exact) mass is 207 g/mol. The number of amides is 1. The van der Waals surface area contributed by atoms with E-state index in [1.807, 2.05) is 25.6 Å². The Morgan fingerprint density at radius 1 is 1.53 bits per heavy atom. The van der Waals surface area contributed by atoms with Crippen molar-refractivity contribution in [2.45, 2.75) is 33.2 Å². The predicted octanol–water partition coefficient (Wildman–Crippen LogP) is 1.06. The second-order valence-electron chi connectivity index (χ2n) is 4.27.